The van der Waals surface area contributed by atoms with E-state index in [1.54, 1.807) is 22.7 Å². The summed E-state index contributed by atoms with van der Waals surface area (Å²) in [4.78, 5) is 0. The van der Waals surface area contributed by atoms with Crippen molar-refractivity contribution < 1.29 is 33.6 Å². The van der Waals surface area contributed by atoms with Crippen LogP contribution in [0, 0.1) is 5.92 Å². The van der Waals surface area contributed by atoms with Crippen LogP contribution in [-0.2, 0) is 5.60 Å². The molecule has 1 unspecified atom stereocenters. The molecular formula is C19H26INOS2. The number of piperidine rings is 1. The van der Waals surface area contributed by atoms with E-state index in [2.05, 4.69) is 47.7 Å². The Labute approximate surface area is 170 Å². The van der Waals surface area contributed by atoms with Gasteiger partial charge >= 0.3 is 0 Å². The summed E-state index contributed by atoms with van der Waals surface area (Å²) in [6, 6.07) is 5.76. The van der Waals surface area contributed by atoms with Crippen molar-refractivity contribution in [3.63, 3.8) is 0 Å². The zero-order valence-corrected chi connectivity index (χ0v) is 18.1. The van der Waals surface area contributed by atoms with E-state index in [9.17, 15) is 5.11 Å². The Bertz CT molecular complexity index is 603. The summed E-state index contributed by atoms with van der Waals surface area (Å²) in [6.07, 6.45) is 6.13. The second kappa shape index (κ2) is 6.99. The molecule has 0 aromatic carbocycles. The molecule has 0 amide bonds. The molecule has 2 bridgehead atoms. The van der Waals surface area contributed by atoms with Crippen molar-refractivity contribution in [1.82, 2.24) is 0 Å². The number of thiophene rings is 2. The third-order valence-corrected chi connectivity index (χ3v) is 7.87. The van der Waals surface area contributed by atoms with Gasteiger partial charge in [0.15, 0.2) is 0 Å². The van der Waals surface area contributed by atoms with Gasteiger partial charge in [-0.25, -0.2) is 0 Å². The number of quaternary nitrogens is 1. The van der Waals surface area contributed by atoms with Crippen molar-refractivity contribution in [3.05, 3.63) is 44.8 Å². The van der Waals surface area contributed by atoms with Crippen molar-refractivity contribution in [1.29, 1.82) is 0 Å². The molecule has 4 heterocycles. The smallest absolute Gasteiger partial charge is 0.116 e. The number of nitrogens with zero attached hydrogens (tertiary/aromatic N) is 1. The Morgan fingerprint density at radius 3 is 1.96 bits per heavy atom. The van der Waals surface area contributed by atoms with Gasteiger partial charge in [0.2, 0.25) is 0 Å². The highest BCUT2D eigenvalue weighted by atomic mass is 127. The fourth-order valence-corrected chi connectivity index (χ4v) is 6.43. The monoisotopic (exact) mass is 475 g/mol. The zero-order valence-electron chi connectivity index (χ0n) is 14.3. The third-order valence-electron chi connectivity index (χ3n) is 6.51. The first-order valence-corrected chi connectivity index (χ1v) is 10.5. The van der Waals surface area contributed by atoms with E-state index in [1.165, 1.54) is 30.2 Å². The maximum atomic E-state index is 11.6. The van der Waals surface area contributed by atoms with Crippen LogP contribution in [-0.4, -0.2) is 35.8 Å². The number of hydrogen-bond acceptors (Lipinski definition) is 3. The van der Waals surface area contributed by atoms with Crippen LogP contribution < -0.4 is 24.0 Å². The van der Waals surface area contributed by atoms with Crippen molar-refractivity contribution in [2.45, 2.75) is 49.8 Å². The fraction of sp³-hybridized carbons (Fsp3) is 0.579. The van der Waals surface area contributed by atoms with Gasteiger partial charge in [-0.05, 0) is 57.1 Å². The minimum absolute atomic E-state index is 0. The lowest BCUT2D eigenvalue weighted by molar-refractivity contribution is -0.931. The fourth-order valence-electron chi connectivity index (χ4n) is 4.98. The number of aliphatic hydroxyl groups is 1. The van der Waals surface area contributed by atoms with Crippen LogP contribution in [0.5, 0.6) is 0 Å². The Balaban J connectivity index is 0.00000169. The number of hydrogen-bond donors (Lipinski definition) is 1. The van der Waals surface area contributed by atoms with E-state index in [4.69, 9.17) is 0 Å². The molecule has 2 aliphatic rings. The summed E-state index contributed by atoms with van der Waals surface area (Å²) < 4.78 is 1.20. The molecule has 2 aliphatic heterocycles. The van der Waals surface area contributed by atoms with Gasteiger partial charge in [0, 0.05) is 25.7 Å². The predicted molar refractivity (Wildman–Crippen MR) is 97.9 cm³/mol. The molecule has 4 rings (SSSR count). The molecule has 2 saturated heterocycles. The lowest BCUT2D eigenvalue weighted by Crippen LogP contribution is -3.00. The topological polar surface area (TPSA) is 20.2 Å². The van der Waals surface area contributed by atoms with E-state index in [0.717, 1.165) is 29.6 Å². The summed E-state index contributed by atoms with van der Waals surface area (Å²) in [5, 5.41) is 20.0. The van der Waals surface area contributed by atoms with E-state index in [0.29, 0.717) is 5.92 Å². The molecule has 2 aromatic heterocycles. The third kappa shape index (κ3) is 3.11. The molecule has 24 heavy (non-hydrogen) atoms. The van der Waals surface area contributed by atoms with Gasteiger partial charge in [0.25, 0.3) is 0 Å². The molecule has 0 saturated carbocycles. The van der Waals surface area contributed by atoms with Crippen LogP contribution in [0.25, 0.3) is 0 Å². The molecule has 1 N–H and O–H groups in total. The molecule has 2 aromatic rings. The maximum absolute atomic E-state index is 11.6. The van der Waals surface area contributed by atoms with E-state index >= 15 is 0 Å². The lowest BCUT2D eigenvalue weighted by Gasteiger charge is -2.45. The van der Waals surface area contributed by atoms with Gasteiger partial charge in [-0.3, -0.25) is 0 Å². The zero-order chi connectivity index (χ0) is 16.1. The Morgan fingerprint density at radius 1 is 1.04 bits per heavy atom. The molecule has 2 nitrogen and oxygen atoms in total. The SMILES string of the molecule is C[N+]1(C)[C@@H]2CC[C@H]1CC(CC(O)(c1ccsc1)c1ccsc1)C2.[I-]. The van der Waals surface area contributed by atoms with Crippen molar-refractivity contribution in [3.8, 4) is 0 Å². The predicted octanol–water partition coefficient (Wildman–Crippen LogP) is 1.46. The molecule has 3 atom stereocenters. The second-order valence-electron chi connectivity index (χ2n) is 7.94. The van der Waals surface area contributed by atoms with E-state index in [1.807, 2.05) is 0 Å². The van der Waals surface area contributed by atoms with Crippen LogP contribution in [0.15, 0.2) is 33.7 Å². The Morgan fingerprint density at radius 2 is 1.54 bits per heavy atom. The van der Waals surface area contributed by atoms with E-state index in [-0.39, 0.29) is 24.0 Å². The molecule has 0 aliphatic carbocycles. The highest BCUT2D eigenvalue weighted by Crippen LogP contribution is 2.47. The summed E-state index contributed by atoms with van der Waals surface area (Å²) >= 11 is 3.36. The standard InChI is InChI=1S/C19H26NOS2.HI/c1-20(2)17-3-4-18(20)10-14(9-17)11-19(21,15-5-7-22-12-15)16-6-8-23-13-16;/h5-8,12-14,17-18,21H,3-4,9-11H2,1-2H3;1H/q+1;/p-1/t14?,17-,18+;. The second-order valence-corrected chi connectivity index (χ2v) is 9.50. The van der Waals surface area contributed by atoms with Gasteiger partial charge in [0.1, 0.15) is 5.60 Å². The largest absolute Gasteiger partial charge is 1.00 e. The minimum atomic E-state index is -0.807. The summed E-state index contributed by atoms with van der Waals surface area (Å²) in [5.41, 5.74) is 1.35. The molecule has 2 fully saturated rings. The quantitative estimate of drug-likeness (QED) is 0.525. The summed E-state index contributed by atoms with van der Waals surface area (Å²) in [7, 11) is 4.81. The summed E-state index contributed by atoms with van der Waals surface area (Å²) in [6.45, 7) is 0. The van der Waals surface area contributed by atoms with Gasteiger partial charge in [-0.15, -0.1) is 0 Å². The van der Waals surface area contributed by atoms with Crippen molar-refractivity contribution in [2.75, 3.05) is 14.1 Å². The van der Waals surface area contributed by atoms with Crippen LogP contribution in [0.1, 0.15) is 43.2 Å². The highest BCUT2D eigenvalue weighted by Gasteiger charge is 2.50. The van der Waals surface area contributed by atoms with Gasteiger partial charge < -0.3 is 33.6 Å². The van der Waals surface area contributed by atoms with Gasteiger partial charge in [-0.1, -0.05) is 0 Å². The van der Waals surface area contributed by atoms with Crippen LogP contribution >= 0.6 is 22.7 Å². The highest BCUT2D eigenvalue weighted by molar-refractivity contribution is 7.08. The number of fused-ring (bicyclic) bond motifs is 2. The van der Waals surface area contributed by atoms with E-state index < -0.39 is 5.60 Å². The van der Waals surface area contributed by atoms with Crippen LogP contribution in [0.3, 0.4) is 0 Å². The van der Waals surface area contributed by atoms with Crippen LogP contribution in [0.2, 0.25) is 0 Å². The minimum Gasteiger partial charge on any atom is -1.00 e. The van der Waals surface area contributed by atoms with Gasteiger partial charge in [0.05, 0.1) is 26.2 Å². The molecular weight excluding hydrogens is 449 g/mol. The molecule has 5 heteroatoms. The normalized spacial score (nSPS) is 28.5. The van der Waals surface area contributed by atoms with Gasteiger partial charge in [-0.2, -0.15) is 22.7 Å². The molecule has 0 spiro atoms. The number of rotatable bonds is 4. The first kappa shape index (κ1) is 18.8. The molecule has 0 radical (unpaired) electrons. The Kier molecular flexibility index (Phi) is 5.48. The molecule has 132 valence electrons. The first-order chi connectivity index (χ1) is 11.0. The Hall–Kier alpha value is 0.0500. The van der Waals surface area contributed by atoms with Crippen molar-refractivity contribution >= 4 is 22.7 Å². The first-order valence-electron chi connectivity index (χ1n) is 8.61. The number of halogens is 1. The van der Waals surface area contributed by atoms with Crippen LogP contribution in [0.4, 0.5) is 0 Å². The lowest BCUT2D eigenvalue weighted by atomic mass is 9.76. The average molecular weight is 475 g/mol. The summed E-state index contributed by atoms with van der Waals surface area (Å²) in [5.74, 6) is 0.628. The van der Waals surface area contributed by atoms with Crippen molar-refractivity contribution in [2.24, 2.45) is 5.92 Å². The average Bonchev–Trinajstić information content (AvgIpc) is 3.22. The maximum Gasteiger partial charge on any atom is 0.116 e.